The summed E-state index contributed by atoms with van der Waals surface area (Å²) in [6.45, 7) is 2.03. The molecule has 0 spiro atoms. The summed E-state index contributed by atoms with van der Waals surface area (Å²) < 4.78 is 5.36. The molecule has 0 fully saturated rings. The fourth-order valence-corrected chi connectivity index (χ4v) is 2.61. The Hall–Kier alpha value is -2.34. The number of halogens is 1. The number of likely N-dealkylation sites (N-methyl/N-ethyl adjacent to an activating group) is 1. The molecule has 0 aliphatic heterocycles. The first-order chi connectivity index (χ1) is 10.9. The standard InChI is InChI=1S/C16H18ClN3O3/c1-11(8-12-6-4-5-7-15(12)23-3)19(2)16-14(17)9-13(10-18-16)20(21)22/h4-7,9-11H,8H2,1-3H3. The topological polar surface area (TPSA) is 68.5 Å². The van der Waals surface area contributed by atoms with E-state index in [1.807, 2.05) is 43.1 Å². The Bertz CT molecular complexity index is 709. The molecule has 6 nitrogen and oxygen atoms in total. The summed E-state index contributed by atoms with van der Waals surface area (Å²) in [5.74, 6) is 1.34. The van der Waals surface area contributed by atoms with Gasteiger partial charge in [-0.05, 0) is 25.0 Å². The second-order valence-electron chi connectivity index (χ2n) is 5.23. The Kier molecular flexibility index (Phi) is 5.39. The van der Waals surface area contributed by atoms with Crippen LogP contribution < -0.4 is 9.64 Å². The molecule has 23 heavy (non-hydrogen) atoms. The van der Waals surface area contributed by atoms with Crippen LogP contribution in [-0.2, 0) is 6.42 Å². The highest BCUT2D eigenvalue weighted by atomic mass is 35.5. The molecule has 2 rings (SSSR count). The van der Waals surface area contributed by atoms with Crippen LogP contribution in [0.3, 0.4) is 0 Å². The highest BCUT2D eigenvalue weighted by Gasteiger charge is 2.19. The van der Waals surface area contributed by atoms with Crippen LogP contribution in [0.25, 0.3) is 0 Å². The number of anilines is 1. The summed E-state index contributed by atoms with van der Waals surface area (Å²) in [5.41, 5.74) is 0.955. The molecule has 1 aromatic heterocycles. The van der Waals surface area contributed by atoms with Gasteiger partial charge in [0, 0.05) is 19.2 Å². The predicted molar refractivity (Wildman–Crippen MR) is 90.5 cm³/mol. The SMILES string of the molecule is COc1ccccc1CC(C)N(C)c1ncc([N+](=O)[O-])cc1Cl. The first-order valence-corrected chi connectivity index (χ1v) is 7.46. The van der Waals surface area contributed by atoms with E-state index in [9.17, 15) is 10.1 Å². The summed E-state index contributed by atoms with van der Waals surface area (Å²) >= 11 is 6.14. The average Bonchev–Trinajstić information content (AvgIpc) is 2.54. The van der Waals surface area contributed by atoms with E-state index in [0.717, 1.165) is 17.7 Å². The second kappa shape index (κ2) is 7.28. The summed E-state index contributed by atoms with van der Waals surface area (Å²) in [5, 5.41) is 11.0. The van der Waals surface area contributed by atoms with Crippen molar-refractivity contribution in [3.63, 3.8) is 0 Å². The van der Waals surface area contributed by atoms with Gasteiger partial charge in [0.1, 0.15) is 17.8 Å². The third kappa shape index (κ3) is 3.90. The molecular weight excluding hydrogens is 318 g/mol. The molecule has 0 aliphatic rings. The average molecular weight is 336 g/mol. The van der Waals surface area contributed by atoms with Crippen molar-refractivity contribution in [3.05, 3.63) is 57.2 Å². The van der Waals surface area contributed by atoms with Crippen LogP contribution in [0, 0.1) is 10.1 Å². The molecular formula is C16H18ClN3O3. The second-order valence-corrected chi connectivity index (χ2v) is 5.64. The van der Waals surface area contributed by atoms with Crippen molar-refractivity contribution in [2.45, 2.75) is 19.4 Å². The summed E-state index contributed by atoms with van der Waals surface area (Å²) in [4.78, 5) is 16.3. The van der Waals surface area contributed by atoms with Crippen LogP contribution in [0.15, 0.2) is 36.5 Å². The molecule has 0 saturated carbocycles. The van der Waals surface area contributed by atoms with Gasteiger partial charge < -0.3 is 9.64 Å². The van der Waals surface area contributed by atoms with Crippen molar-refractivity contribution in [1.82, 2.24) is 4.98 Å². The van der Waals surface area contributed by atoms with E-state index in [0.29, 0.717) is 5.82 Å². The van der Waals surface area contributed by atoms with Crippen LogP contribution in [0.5, 0.6) is 5.75 Å². The molecule has 0 saturated heterocycles. The van der Waals surface area contributed by atoms with E-state index in [4.69, 9.17) is 16.3 Å². The monoisotopic (exact) mass is 335 g/mol. The van der Waals surface area contributed by atoms with Gasteiger partial charge in [-0.3, -0.25) is 10.1 Å². The van der Waals surface area contributed by atoms with Gasteiger partial charge in [-0.2, -0.15) is 0 Å². The Labute approximate surface area is 139 Å². The van der Waals surface area contributed by atoms with Crippen molar-refractivity contribution in [2.75, 3.05) is 19.1 Å². The Morgan fingerprint density at radius 2 is 2.13 bits per heavy atom. The third-order valence-electron chi connectivity index (χ3n) is 3.72. The van der Waals surface area contributed by atoms with Gasteiger partial charge in [0.25, 0.3) is 5.69 Å². The van der Waals surface area contributed by atoms with Gasteiger partial charge in [0.15, 0.2) is 0 Å². The van der Waals surface area contributed by atoms with Crippen LogP contribution in [-0.4, -0.2) is 30.1 Å². The summed E-state index contributed by atoms with van der Waals surface area (Å²) in [7, 11) is 3.50. The number of para-hydroxylation sites is 1. The van der Waals surface area contributed by atoms with E-state index in [2.05, 4.69) is 4.98 Å². The van der Waals surface area contributed by atoms with Crippen LogP contribution in [0.2, 0.25) is 5.02 Å². The van der Waals surface area contributed by atoms with Gasteiger partial charge in [-0.15, -0.1) is 0 Å². The Morgan fingerprint density at radius 1 is 1.43 bits per heavy atom. The van der Waals surface area contributed by atoms with Crippen molar-refractivity contribution < 1.29 is 9.66 Å². The molecule has 0 aliphatic carbocycles. The number of nitro groups is 1. The van der Waals surface area contributed by atoms with Gasteiger partial charge in [0.05, 0.1) is 17.1 Å². The highest BCUT2D eigenvalue weighted by molar-refractivity contribution is 6.33. The van der Waals surface area contributed by atoms with E-state index in [1.54, 1.807) is 7.11 Å². The number of rotatable bonds is 6. The van der Waals surface area contributed by atoms with Crippen molar-refractivity contribution in [1.29, 1.82) is 0 Å². The third-order valence-corrected chi connectivity index (χ3v) is 4.00. The number of hydrogen-bond acceptors (Lipinski definition) is 5. The number of benzene rings is 1. The van der Waals surface area contributed by atoms with Crippen molar-refractivity contribution in [3.8, 4) is 5.75 Å². The van der Waals surface area contributed by atoms with Gasteiger partial charge in [-0.1, -0.05) is 29.8 Å². The number of pyridine rings is 1. The summed E-state index contributed by atoms with van der Waals surface area (Å²) in [6, 6.07) is 9.20. The number of ether oxygens (including phenoxy) is 1. The van der Waals surface area contributed by atoms with Crippen molar-refractivity contribution in [2.24, 2.45) is 0 Å². The van der Waals surface area contributed by atoms with Gasteiger partial charge in [-0.25, -0.2) is 4.98 Å². The molecule has 0 bridgehead atoms. The molecule has 0 amide bonds. The predicted octanol–water partition coefficient (Wildman–Crippen LogP) is 3.72. The van der Waals surface area contributed by atoms with Gasteiger partial charge >= 0.3 is 0 Å². The van der Waals surface area contributed by atoms with Crippen molar-refractivity contribution >= 4 is 23.1 Å². The van der Waals surface area contributed by atoms with Crippen LogP contribution >= 0.6 is 11.6 Å². The zero-order chi connectivity index (χ0) is 17.0. The van der Waals surface area contributed by atoms with Crippen LogP contribution in [0.1, 0.15) is 12.5 Å². The number of hydrogen-bond donors (Lipinski definition) is 0. The van der Waals surface area contributed by atoms with Gasteiger partial charge in [0.2, 0.25) is 0 Å². The molecule has 1 atom stereocenters. The smallest absolute Gasteiger partial charge is 0.289 e. The van der Waals surface area contributed by atoms with E-state index in [-0.39, 0.29) is 16.8 Å². The lowest BCUT2D eigenvalue weighted by molar-refractivity contribution is -0.385. The molecule has 2 aromatic rings. The number of nitrogens with zero attached hydrogens (tertiary/aromatic N) is 3. The lowest BCUT2D eigenvalue weighted by Gasteiger charge is -2.27. The number of methoxy groups -OCH3 is 1. The molecule has 122 valence electrons. The molecule has 0 radical (unpaired) electrons. The fraction of sp³-hybridized carbons (Fsp3) is 0.312. The summed E-state index contributed by atoms with van der Waals surface area (Å²) in [6.07, 6.45) is 1.95. The molecule has 1 aromatic carbocycles. The lowest BCUT2D eigenvalue weighted by Crippen LogP contribution is -2.31. The first-order valence-electron chi connectivity index (χ1n) is 7.08. The Balaban J connectivity index is 2.19. The molecule has 1 heterocycles. The molecule has 1 unspecified atom stereocenters. The zero-order valence-electron chi connectivity index (χ0n) is 13.2. The van der Waals surface area contributed by atoms with E-state index >= 15 is 0 Å². The minimum absolute atomic E-state index is 0.0813. The maximum atomic E-state index is 10.8. The maximum Gasteiger partial charge on any atom is 0.289 e. The molecule has 0 N–H and O–H groups in total. The van der Waals surface area contributed by atoms with E-state index in [1.165, 1.54) is 12.3 Å². The highest BCUT2D eigenvalue weighted by Crippen LogP contribution is 2.29. The quantitative estimate of drug-likeness (QED) is 0.594. The van der Waals surface area contributed by atoms with Crippen LogP contribution in [0.4, 0.5) is 11.5 Å². The fourth-order valence-electron chi connectivity index (χ4n) is 2.32. The Morgan fingerprint density at radius 3 is 2.74 bits per heavy atom. The maximum absolute atomic E-state index is 10.8. The lowest BCUT2D eigenvalue weighted by atomic mass is 10.1. The minimum Gasteiger partial charge on any atom is -0.496 e. The minimum atomic E-state index is -0.513. The molecule has 7 heteroatoms. The largest absolute Gasteiger partial charge is 0.496 e. The normalized spacial score (nSPS) is 11.8. The van der Waals surface area contributed by atoms with E-state index < -0.39 is 4.92 Å². The number of aromatic nitrogens is 1. The zero-order valence-corrected chi connectivity index (χ0v) is 13.9. The first kappa shape index (κ1) is 17.0.